The SMILES string of the molecule is CCOC(=O)CN1C(=O)C(Cc2ccccc2)NC12CCN(S(=O)(=O)c1ccc(Cl)s1)CC2. The molecule has 1 aromatic heterocycles. The highest BCUT2D eigenvalue weighted by Crippen LogP contribution is 2.36. The molecule has 1 aromatic carbocycles. The van der Waals surface area contributed by atoms with Gasteiger partial charge in [0.1, 0.15) is 10.8 Å². The Labute approximate surface area is 202 Å². The molecule has 11 heteroatoms. The topological polar surface area (TPSA) is 96.0 Å². The van der Waals surface area contributed by atoms with Crippen molar-refractivity contribution in [3.05, 3.63) is 52.4 Å². The van der Waals surface area contributed by atoms with Crippen LogP contribution in [0, 0.1) is 0 Å². The fourth-order valence-corrected chi connectivity index (χ4v) is 7.57. The Morgan fingerprint density at radius 2 is 1.91 bits per heavy atom. The van der Waals surface area contributed by atoms with Crippen molar-refractivity contribution in [2.24, 2.45) is 0 Å². The van der Waals surface area contributed by atoms with Crippen LogP contribution >= 0.6 is 22.9 Å². The number of nitrogens with zero attached hydrogens (tertiary/aromatic N) is 2. The molecule has 1 amide bonds. The predicted molar refractivity (Wildman–Crippen MR) is 125 cm³/mol. The maximum Gasteiger partial charge on any atom is 0.325 e. The van der Waals surface area contributed by atoms with Crippen molar-refractivity contribution in [3.63, 3.8) is 0 Å². The number of sulfonamides is 1. The van der Waals surface area contributed by atoms with E-state index in [-0.39, 0.29) is 36.4 Å². The van der Waals surface area contributed by atoms with Gasteiger partial charge in [-0.15, -0.1) is 11.3 Å². The molecule has 3 heterocycles. The van der Waals surface area contributed by atoms with E-state index in [1.165, 1.54) is 10.4 Å². The number of carbonyl (C=O) groups excluding carboxylic acids is 2. The van der Waals surface area contributed by atoms with Crippen LogP contribution in [0.15, 0.2) is 46.7 Å². The maximum atomic E-state index is 13.3. The average molecular weight is 512 g/mol. The second kappa shape index (κ2) is 9.71. The standard InChI is InChI=1S/C22H26ClN3O5S2/c1-2-31-19(27)15-26-21(28)17(14-16-6-4-3-5-7-16)24-22(26)10-12-25(13-11-22)33(29,30)20-9-8-18(23)32-20/h3-9,17,24H,2,10-15H2,1H3. The fraction of sp³-hybridized carbons (Fsp3) is 0.455. The van der Waals surface area contributed by atoms with Crippen molar-refractivity contribution < 1.29 is 22.7 Å². The number of amides is 1. The lowest BCUT2D eigenvalue weighted by Gasteiger charge is -2.43. The molecule has 178 valence electrons. The molecule has 0 radical (unpaired) electrons. The molecule has 8 nitrogen and oxygen atoms in total. The van der Waals surface area contributed by atoms with Crippen LogP contribution in [-0.4, -0.2) is 67.4 Å². The number of halogens is 1. The molecule has 1 N–H and O–H groups in total. The molecule has 1 atom stereocenters. The van der Waals surface area contributed by atoms with Crippen LogP contribution in [-0.2, 0) is 30.8 Å². The Balaban J connectivity index is 1.54. The number of benzene rings is 1. The third kappa shape index (κ3) is 4.95. The van der Waals surface area contributed by atoms with Gasteiger partial charge in [0.2, 0.25) is 5.91 Å². The molecule has 2 saturated heterocycles. The maximum absolute atomic E-state index is 13.3. The quantitative estimate of drug-likeness (QED) is 0.574. The number of hydrogen-bond donors (Lipinski definition) is 1. The van der Waals surface area contributed by atoms with E-state index in [1.807, 2.05) is 30.3 Å². The third-order valence-electron chi connectivity index (χ3n) is 6.09. The van der Waals surface area contributed by atoms with Gasteiger partial charge in [0.25, 0.3) is 10.0 Å². The van der Waals surface area contributed by atoms with Crippen molar-refractivity contribution in [2.45, 2.75) is 42.1 Å². The largest absolute Gasteiger partial charge is 0.465 e. The molecule has 0 saturated carbocycles. The number of ether oxygens (including phenoxy) is 1. The summed E-state index contributed by atoms with van der Waals surface area (Å²) in [4.78, 5) is 27.2. The van der Waals surface area contributed by atoms with Gasteiger partial charge in [0, 0.05) is 13.1 Å². The van der Waals surface area contributed by atoms with Crippen molar-refractivity contribution in [1.82, 2.24) is 14.5 Å². The van der Waals surface area contributed by atoms with Gasteiger partial charge in [-0.2, -0.15) is 4.31 Å². The number of rotatable bonds is 7. The first-order chi connectivity index (χ1) is 15.7. The van der Waals surface area contributed by atoms with Gasteiger partial charge >= 0.3 is 5.97 Å². The van der Waals surface area contributed by atoms with E-state index in [4.69, 9.17) is 16.3 Å². The first-order valence-electron chi connectivity index (χ1n) is 10.8. The van der Waals surface area contributed by atoms with E-state index in [9.17, 15) is 18.0 Å². The first kappa shape index (κ1) is 24.2. The van der Waals surface area contributed by atoms with E-state index in [1.54, 1.807) is 17.9 Å². The van der Waals surface area contributed by atoms with Crippen molar-refractivity contribution in [3.8, 4) is 0 Å². The van der Waals surface area contributed by atoms with E-state index in [0.29, 0.717) is 23.6 Å². The highest BCUT2D eigenvalue weighted by atomic mass is 35.5. The number of nitrogens with one attached hydrogen (secondary N) is 1. The molecule has 2 aliphatic heterocycles. The third-order valence-corrected chi connectivity index (χ3v) is 9.69. The van der Waals surface area contributed by atoms with Gasteiger partial charge in [-0.1, -0.05) is 41.9 Å². The molecule has 1 unspecified atom stereocenters. The van der Waals surface area contributed by atoms with Crippen LogP contribution in [0.25, 0.3) is 0 Å². The van der Waals surface area contributed by atoms with Crippen LogP contribution in [0.1, 0.15) is 25.3 Å². The Morgan fingerprint density at radius 3 is 2.52 bits per heavy atom. The number of thiophene rings is 1. The van der Waals surface area contributed by atoms with Crippen LogP contribution in [0.3, 0.4) is 0 Å². The minimum absolute atomic E-state index is 0.168. The summed E-state index contributed by atoms with van der Waals surface area (Å²) >= 11 is 6.96. The molecule has 2 aliphatic rings. The molecule has 2 fully saturated rings. The molecule has 33 heavy (non-hydrogen) atoms. The number of esters is 1. The molecule has 2 aromatic rings. The molecule has 0 bridgehead atoms. The number of piperidine rings is 1. The fourth-order valence-electron chi connectivity index (χ4n) is 4.49. The molecule has 4 rings (SSSR count). The summed E-state index contributed by atoms with van der Waals surface area (Å²) in [5, 5.41) is 3.45. The summed E-state index contributed by atoms with van der Waals surface area (Å²) in [7, 11) is -3.67. The Bertz CT molecular complexity index is 1110. The zero-order valence-corrected chi connectivity index (χ0v) is 20.6. The summed E-state index contributed by atoms with van der Waals surface area (Å²) in [6, 6.07) is 12.2. The van der Waals surface area contributed by atoms with E-state index < -0.39 is 27.7 Å². The Hall–Kier alpha value is -1.98. The zero-order valence-electron chi connectivity index (χ0n) is 18.2. The lowest BCUT2D eigenvalue weighted by Crippen LogP contribution is -2.60. The predicted octanol–water partition coefficient (Wildman–Crippen LogP) is 2.49. The van der Waals surface area contributed by atoms with Gasteiger partial charge in [0.05, 0.1) is 22.6 Å². The monoisotopic (exact) mass is 511 g/mol. The second-order valence-electron chi connectivity index (χ2n) is 8.11. The summed E-state index contributed by atoms with van der Waals surface area (Å²) in [6.45, 7) is 2.21. The zero-order chi connectivity index (χ0) is 23.6. The summed E-state index contributed by atoms with van der Waals surface area (Å²) in [5.41, 5.74) is 0.202. The Morgan fingerprint density at radius 1 is 1.21 bits per heavy atom. The van der Waals surface area contributed by atoms with Crippen LogP contribution in [0.2, 0.25) is 4.34 Å². The highest BCUT2D eigenvalue weighted by molar-refractivity contribution is 7.91. The lowest BCUT2D eigenvalue weighted by atomic mass is 9.97. The van der Waals surface area contributed by atoms with Gasteiger partial charge in [-0.3, -0.25) is 14.9 Å². The molecule has 1 spiro atoms. The van der Waals surface area contributed by atoms with Crippen LogP contribution in [0.4, 0.5) is 0 Å². The normalized spacial score (nSPS) is 21.0. The van der Waals surface area contributed by atoms with Crippen molar-refractivity contribution >= 4 is 44.8 Å². The summed E-state index contributed by atoms with van der Waals surface area (Å²) in [5.74, 6) is -0.649. The number of hydrogen-bond acceptors (Lipinski definition) is 7. The minimum Gasteiger partial charge on any atom is -0.465 e. The average Bonchev–Trinajstić information content (AvgIpc) is 3.33. The van der Waals surface area contributed by atoms with Gasteiger partial charge < -0.3 is 9.64 Å². The minimum atomic E-state index is -3.67. The summed E-state index contributed by atoms with van der Waals surface area (Å²) in [6.07, 6.45) is 1.21. The van der Waals surface area contributed by atoms with Crippen molar-refractivity contribution in [2.75, 3.05) is 26.2 Å². The second-order valence-corrected chi connectivity index (χ2v) is 12.0. The molecular formula is C22H26ClN3O5S2. The van der Waals surface area contributed by atoms with Crippen molar-refractivity contribution in [1.29, 1.82) is 0 Å². The number of carbonyl (C=O) groups is 2. The van der Waals surface area contributed by atoms with E-state index in [0.717, 1.165) is 16.9 Å². The smallest absolute Gasteiger partial charge is 0.325 e. The summed E-state index contributed by atoms with van der Waals surface area (Å²) < 4.78 is 33.2. The van der Waals surface area contributed by atoms with E-state index in [2.05, 4.69) is 5.32 Å². The lowest BCUT2D eigenvalue weighted by molar-refractivity contribution is -0.151. The van der Waals surface area contributed by atoms with Gasteiger partial charge in [-0.05, 0) is 43.9 Å². The highest BCUT2D eigenvalue weighted by Gasteiger charge is 2.53. The first-order valence-corrected chi connectivity index (χ1v) is 13.4. The molecule has 0 aliphatic carbocycles. The Kier molecular flexibility index (Phi) is 7.11. The van der Waals surface area contributed by atoms with Gasteiger partial charge in [-0.25, -0.2) is 8.42 Å². The van der Waals surface area contributed by atoms with Crippen LogP contribution in [0.5, 0.6) is 0 Å². The molecular weight excluding hydrogens is 486 g/mol. The van der Waals surface area contributed by atoms with Gasteiger partial charge in [0.15, 0.2) is 0 Å². The van der Waals surface area contributed by atoms with E-state index >= 15 is 0 Å². The van der Waals surface area contributed by atoms with Crippen LogP contribution < -0.4 is 5.32 Å².